The van der Waals surface area contributed by atoms with Gasteiger partial charge in [-0.15, -0.1) is 0 Å². The first-order valence-electron chi connectivity index (χ1n) is 6.53. The minimum absolute atomic E-state index is 0.0370. The highest BCUT2D eigenvalue weighted by Gasteiger charge is 2.46. The van der Waals surface area contributed by atoms with Gasteiger partial charge in [0.2, 0.25) is 0 Å². The summed E-state index contributed by atoms with van der Waals surface area (Å²) < 4.78 is 11.6. The molecule has 3 nitrogen and oxygen atoms in total. The van der Waals surface area contributed by atoms with Gasteiger partial charge in [0, 0.05) is 25.6 Å². The molecule has 2 atom stereocenters. The lowest BCUT2D eigenvalue weighted by molar-refractivity contribution is -0.105. The molecule has 0 radical (unpaired) electrons. The van der Waals surface area contributed by atoms with E-state index in [4.69, 9.17) is 9.47 Å². The van der Waals surface area contributed by atoms with Crippen molar-refractivity contribution in [1.29, 1.82) is 0 Å². The summed E-state index contributed by atoms with van der Waals surface area (Å²) >= 11 is 0. The average molecular weight is 227 g/mol. The molecule has 0 saturated carbocycles. The average Bonchev–Trinajstić information content (AvgIpc) is 2.71. The molecule has 1 spiro atoms. The molecule has 94 valence electrons. The molecule has 0 aromatic heterocycles. The number of rotatable bonds is 3. The molecule has 16 heavy (non-hydrogen) atoms. The van der Waals surface area contributed by atoms with E-state index in [2.05, 4.69) is 26.1 Å². The van der Waals surface area contributed by atoms with Crippen LogP contribution < -0.4 is 5.32 Å². The second-order valence-electron chi connectivity index (χ2n) is 5.94. The first kappa shape index (κ1) is 12.3. The molecule has 0 aromatic carbocycles. The van der Waals surface area contributed by atoms with E-state index in [1.807, 2.05) is 0 Å². The molecule has 2 heterocycles. The molecule has 1 N–H and O–H groups in total. The van der Waals surface area contributed by atoms with Crippen LogP contribution in [0.2, 0.25) is 0 Å². The third-order valence-corrected chi connectivity index (χ3v) is 4.25. The fourth-order valence-electron chi connectivity index (χ4n) is 2.68. The van der Waals surface area contributed by atoms with Crippen molar-refractivity contribution in [2.24, 2.45) is 5.41 Å². The van der Waals surface area contributed by atoms with Crippen LogP contribution in [0.4, 0.5) is 0 Å². The van der Waals surface area contributed by atoms with Crippen LogP contribution in [-0.4, -0.2) is 38.0 Å². The third-order valence-electron chi connectivity index (χ3n) is 4.25. The van der Waals surface area contributed by atoms with E-state index < -0.39 is 0 Å². The van der Waals surface area contributed by atoms with Gasteiger partial charge in [0.05, 0.1) is 13.2 Å². The van der Waals surface area contributed by atoms with Crippen molar-refractivity contribution in [3.8, 4) is 0 Å². The fourth-order valence-corrected chi connectivity index (χ4v) is 2.68. The maximum Gasteiger partial charge on any atom is 0.109 e. The zero-order valence-electron chi connectivity index (χ0n) is 10.8. The van der Waals surface area contributed by atoms with Crippen LogP contribution in [0.5, 0.6) is 0 Å². The van der Waals surface area contributed by atoms with Crippen LogP contribution >= 0.6 is 0 Å². The van der Waals surface area contributed by atoms with E-state index in [1.54, 1.807) is 0 Å². The first-order valence-corrected chi connectivity index (χ1v) is 6.53. The van der Waals surface area contributed by atoms with Gasteiger partial charge in [0.1, 0.15) is 5.60 Å². The van der Waals surface area contributed by atoms with Gasteiger partial charge in [-0.3, -0.25) is 0 Å². The molecule has 2 saturated heterocycles. The van der Waals surface area contributed by atoms with Crippen molar-refractivity contribution >= 4 is 0 Å². The Balaban J connectivity index is 2.05. The van der Waals surface area contributed by atoms with Crippen LogP contribution in [0.25, 0.3) is 0 Å². The number of hydrogen-bond acceptors (Lipinski definition) is 3. The predicted octanol–water partition coefficient (Wildman–Crippen LogP) is 1.96. The Morgan fingerprint density at radius 1 is 1.38 bits per heavy atom. The van der Waals surface area contributed by atoms with Crippen molar-refractivity contribution < 1.29 is 9.47 Å². The molecule has 2 aliphatic rings. The summed E-state index contributed by atoms with van der Waals surface area (Å²) in [6.07, 6.45) is 3.43. The Kier molecular flexibility index (Phi) is 3.57. The van der Waals surface area contributed by atoms with Crippen LogP contribution in [0.15, 0.2) is 0 Å². The summed E-state index contributed by atoms with van der Waals surface area (Å²) in [5, 5.41) is 3.64. The lowest BCUT2D eigenvalue weighted by Crippen LogP contribution is -2.59. The molecule has 0 aromatic rings. The summed E-state index contributed by atoms with van der Waals surface area (Å²) in [4.78, 5) is 0. The summed E-state index contributed by atoms with van der Waals surface area (Å²) in [6, 6.07) is 0.457. The molecule has 3 heteroatoms. The molecule has 0 amide bonds. The molecule has 0 aliphatic carbocycles. The Bertz CT molecular complexity index is 234. The maximum atomic E-state index is 6.04. The molecule has 2 unspecified atom stereocenters. The Hall–Kier alpha value is -0.120. The summed E-state index contributed by atoms with van der Waals surface area (Å²) in [7, 11) is 0. The largest absolute Gasteiger partial charge is 0.378 e. The van der Waals surface area contributed by atoms with Gasteiger partial charge in [-0.2, -0.15) is 0 Å². The number of ether oxygens (including phenoxy) is 2. The van der Waals surface area contributed by atoms with Gasteiger partial charge in [-0.05, 0) is 11.8 Å². The topological polar surface area (TPSA) is 30.5 Å². The van der Waals surface area contributed by atoms with Crippen molar-refractivity contribution in [3.05, 3.63) is 0 Å². The minimum Gasteiger partial charge on any atom is -0.378 e. The lowest BCUT2D eigenvalue weighted by Gasteiger charge is -2.44. The standard InChI is InChI=1S/C13H25NO2/c1-4-12(2,3)9-11-13(5-7-15-10-13)16-8-6-14-11/h11,14H,4-10H2,1-3H3. The second-order valence-corrected chi connectivity index (χ2v) is 5.94. The zero-order chi connectivity index (χ0) is 11.6. The highest BCUT2D eigenvalue weighted by Crippen LogP contribution is 2.36. The van der Waals surface area contributed by atoms with Gasteiger partial charge in [-0.1, -0.05) is 27.2 Å². The van der Waals surface area contributed by atoms with E-state index in [0.717, 1.165) is 32.8 Å². The molecular weight excluding hydrogens is 202 g/mol. The maximum absolute atomic E-state index is 6.04. The molecule has 2 rings (SSSR count). The van der Waals surface area contributed by atoms with E-state index in [0.29, 0.717) is 11.5 Å². The van der Waals surface area contributed by atoms with Crippen LogP contribution in [0.1, 0.15) is 40.0 Å². The minimum atomic E-state index is -0.0370. The fraction of sp³-hybridized carbons (Fsp3) is 1.00. The van der Waals surface area contributed by atoms with Crippen LogP contribution in [0, 0.1) is 5.41 Å². The quantitative estimate of drug-likeness (QED) is 0.799. The highest BCUT2D eigenvalue weighted by atomic mass is 16.6. The predicted molar refractivity (Wildman–Crippen MR) is 64.6 cm³/mol. The van der Waals surface area contributed by atoms with E-state index in [9.17, 15) is 0 Å². The summed E-state index contributed by atoms with van der Waals surface area (Å²) in [6.45, 7) is 10.4. The zero-order valence-corrected chi connectivity index (χ0v) is 10.8. The van der Waals surface area contributed by atoms with Crippen molar-refractivity contribution in [3.63, 3.8) is 0 Å². The van der Waals surface area contributed by atoms with Crippen molar-refractivity contribution in [2.45, 2.75) is 51.7 Å². The Labute approximate surface area is 98.9 Å². The summed E-state index contributed by atoms with van der Waals surface area (Å²) in [5.41, 5.74) is 0.346. The van der Waals surface area contributed by atoms with Crippen molar-refractivity contribution in [1.82, 2.24) is 5.32 Å². The van der Waals surface area contributed by atoms with Gasteiger partial charge < -0.3 is 14.8 Å². The summed E-state index contributed by atoms with van der Waals surface area (Å²) in [5.74, 6) is 0. The smallest absolute Gasteiger partial charge is 0.109 e. The molecule has 2 fully saturated rings. The number of hydrogen-bond donors (Lipinski definition) is 1. The monoisotopic (exact) mass is 227 g/mol. The molecular formula is C13H25NO2. The van der Waals surface area contributed by atoms with E-state index in [1.165, 1.54) is 12.8 Å². The van der Waals surface area contributed by atoms with Gasteiger partial charge in [0.15, 0.2) is 0 Å². The van der Waals surface area contributed by atoms with Gasteiger partial charge >= 0.3 is 0 Å². The number of nitrogens with one attached hydrogen (secondary N) is 1. The first-order chi connectivity index (χ1) is 7.58. The SMILES string of the molecule is CCC(C)(C)CC1NCCOC12CCOC2. The van der Waals surface area contributed by atoms with Crippen LogP contribution in [-0.2, 0) is 9.47 Å². The number of morpholine rings is 1. The normalized spacial score (nSPS) is 35.8. The van der Waals surface area contributed by atoms with Crippen molar-refractivity contribution in [2.75, 3.05) is 26.4 Å². The van der Waals surface area contributed by atoms with Crippen LogP contribution in [0.3, 0.4) is 0 Å². The van der Waals surface area contributed by atoms with E-state index >= 15 is 0 Å². The third kappa shape index (κ3) is 2.41. The van der Waals surface area contributed by atoms with E-state index in [-0.39, 0.29) is 5.60 Å². The van der Waals surface area contributed by atoms with Gasteiger partial charge in [-0.25, -0.2) is 0 Å². The lowest BCUT2D eigenvalue weighted by atomic mass is 9.77. The highest BCUT2D eigenvalue weighted by molar-refractivity contribution is 5.00. The Morgan fingerprint density at radius 3 is 2.81 bits per heavy atom. The molecule has 2 aliphatic heterocycles. The Morgan fingerprint density at radius 2 is 2.19 bits per heavy atom. The second kappa shape index (κ2) is 4.63. The molecule has 0 bridgehead atoms. The van der Waals surface area contributed by atoms with Gasteiger partial charge in [0.25, 0.3) is 0 Å².